The zero-order chi connectivity index (χ0) is 12.1. The molecule has 6 heteroatoms. The van der Waals surface area contributed by atoms with E-state index < -0.39 is 0 Å². The van der Waals surface area contributed by atoms with Gasteiger partial charge in [-0.05, 0) is 0 Å². The highest BCUT2D eigenvalue weighted by molar-refractivity contribution is 14.1. The van der Waals surface area contributed by atoms with Crippen LogP contribution in [0.4, 0.5) is 0 Å². The quantitative estimate of drug-likeness (QED) is 0.409. The molecule has 1 rings (SSSR count). The number of hydrogen-bond acceptors (Lipinski definition) is 3. The smallest absolute Gasteiger partial charge is 0.271 e. The predicted octanol–water partition coefficient (Wildman–Crippen LogP) is -0.403. The van der Waals surface area contributed by atoms with E-state index in [0.717, 1.165) is 31.8 Å². The summed E-state index contributed by atoms with van der Waals surface area (Å²) in [5.74, 6) is -0.245. The van der Waals surface area contributed by atoms with E-state index in [1.807, 2.05) is 0 Å². The van der Waals surface area contributed by atoms with Crippen LogP contribution in [0.2, 0.25) is 0 Å². The molecule has 0 aromatic heterocycles. The lowest BCUT2D eigenvalue weighted by atomic mass is 10.2. The third kappa shape index (κ3) is 4.18. The standard InChI is InChI=1S/C10H17IN4O/c1-14(2)10(16)9(12)6-8-7-15(11)5-3-4-13-8/h6,12-13H,3-5,7H2,1-2H3/p+1/b8-6-,12-9?. The van der Waals surface area contributed by atoms with Gasteiger partial charge in [0, 0.05) is 56.0 Å². The van der Waals surface area contributed by atoms with Gasteiger partial charge in [-0.15, -0.1) is 0 Å². The number of halogens is 1. The fourth-order valence-electron chi connectivity index (χ4n) is 1.48. The Kier molecular flexibility index (Phi) is 5.36. The number of hydrogen-bond donors (Lipinski definition) is 2. The Hall–Kier alpha value is -0.470. The zero-order valence-corrected chi connectivity index (χ0v) is 11.8. The molecule has 0 bridgehead atoms. The van der Waals surface area contributed by atoms with E-state index in [-0.39, 0.29) is 11.6 Å². The number of rotatable bonds is 2. The molecule has 0 saturated carbocycles. The minimum Gasteiger partial charge on any atom is -0.343 e. The third-order valence-corrected chi connectivity index (χ3v) is 3.16. The number of carbonyl (C=O) groups is 1. The van der Waals surface area contributed by atoms with Gasteiger partial charge in [0.05, 0.1) is 13.1 Å². The normalized spacial score (nSPS) is 20.6. The van der Waals surface area contributed by atoms with Crippen LogP contribution in [-0.4, -0.2) is 53.4 Å². The second kappa shape index (κ2) is 6.31. The van der Waals surface area contributed by atoms with Crippen molar-refractivity contribution in [2.75, 3.05) is 33.7 Å². The summed E-state index contributed by atoms with van der Waals surface area (Å²) in [6.07, 6.45) is 2.81. The van der Waals surface area contributed by atoms with Gasteiger partial charge in [-0.25, -0.2) is 3.11 Å². The summed E-state index contributed by atoms with van der Waals surface area (Å²) in [6.45, 7) is 2.89. The Labute approximate surface area is 110 Å². The van der Waals surface area contributed by atoms with Crippen molar-refractivity contribution in [1.29, 1.82) is 5.41 Å². The van der Waals surface area contributed by atoms with Gasteiger partial charge in [-0.3, -0.25) is 10.2 Å². The SMILES string of the molecule is CN(C)C(=O)C(=N)/C=C1/CN(I)CCC[NH2+]1. The monoisotopic (exact) mass is 337 g/mol. The van der Waals surface area contributed by atoms with Crippen LogP contribution in [-0.2, 0) is 4.79 Å². The Morgan fingerprint density at radius 1 is 1.62 bits per heavy atom. The molecule has 1 heterocycles. The molecule has 1 fully saturated rings. The highest BCUT2D eigenvalue weighted by Gasteiger charge is 2.16. The van der Waals surface area contributed by atoms with E-state index in [1.165, 1.54) is 4.90 Å². The van der Waals surface area contributed by atoms with Gasteiger partial charge >= 0.3 is 0 Å². The molecule has 0 radical (unpaired) electrons. The first-order valence-electron chi connectivity index (χ1n) is 5.25. The molecular formula is C10H18IN4O+. The van der Waals surface area contributed by atoms with Crippen molar-refractivity contribution in [2.45, 2.75) is 6.42 Å². The molecule has 1 saturated heterocycles. The van der Waals surface area contributed by atoms with Crippen LogP contribution in [0.3, 0.4) is 0 Å². The molecule has 16 heavy (non-hydrogen) atoms. The predicted molar refractivity (Wildman–Crippen MR) is 71.5 cm³/mol. The average Bonchev–Trinajstić information content (AvgIpc) is 2.41. The molecule has 0 aromatic carbocycles. The van der Waals surface area contributed by atoms with Gasteiger partial charge in [0.15, 0.2) is 0 Å². The summed E-state index contributed by atoms with van der Waals surface area (Å²) in [4.78, 5) is 12.9. The van der Waals surface area contributed by atoms with E-state index in [4.69, 9.17) is 5.41 Å². The Morgan fingerprint density at radius 2 is 2.31 bits per heavy atom. The summed E-state index contributed by atoms with van der Waals surface area (Å²) < 4.78 is 2.18. The van der Waals surface area contributed by atoms with Gasteiger partial charge < -0.3 is 10.2 Å². The van der Waals surface area contributed by atoms with Crippen LogP contribution in [0.25, 0.3) is 0 Å². The van der Waals surface area contributed by atoms with E-state index in [1.54, 1.807) is 20.2 Å². The van der Waals surface area contributed by atoms with Gasteiger partial charge in [0.2, 0.25) is 0 Å². The molecule has 0 unspecified atom stereocenters. The number of nitrogens with zero attached hydrogens (tertiary/aromatic N) is 2. The van der Waals surface area contributed by atoms with Crippen molar-refractivity contribution < 1.29 is 10.1 Å². The lowest BCUT2D eigenvalue weighted by Gasteiger charge is -2.10. The van der Waals surface area contributed by atoms with Gasteiger partial charge in [-0.2, -0.15) is 0 Å². The Morgan fingerprint density at radius 3 is 2.94 bits per heavy atom. The van der Waals surface area contributed by atoms with Crippen LogP contribution in [0.1, 0.15) is 6.42 Å². The second-order valence-electron chi connectivity index (χ2n) is 4.02. The zero-order valence-electron chi connectivity index (χ0n) is 9.66. The molecular weight excluding hydrogens is 319 g/mol. The fourth-order valence-corrected chi connectivity index (χ4v) is 2.22. The number of carbonyl (C=O) groups excluding carboxylic acids is 1. The topological polar surface area (TPSA) is 64.0 Å². The minimum absolute atomic E-state index is 0.0583. The highest BCUT2D eigenvalue weighted by atomic mass is 127. The van der Waals surface area contributed by atoms with E-state index in [9.17, 15) is 4.79 Å². The molecule has 0 aliphatic carbocycles. The summed E-state index contributed by atoms with van der Waals surface area (Å²) in [6, 6.07) is 0. The van der Waals surface area contributed by atoms with Crippen LogP contribution in [0, 0.1) is 5.41 Å². The largest absolute Gasteiger partial charge is 0.343 e. The molecule has 1 amide bonds. The lowest BCUT2D eigenvalue weighted by molar-refractivity contribution is -0.605. The van der Waals surface area contributed by atoms with E-state index >= 15 is 0 Å². The Balaban J connectivity index is 2.67. The second-order valence-corrected chi connectivity index (χ2v) is 5.39. The first-order chi connectivity index (χ1) is 7.50. The van der Waals surface area contributed by atoms with Crippen LogP contribution in [0.5, 0.6) is 0 Å². The number of nitrogens with two attached hydrogens (primary N) is 1. The van der Waals surface area contributed by atoms with Crippen molar-refractivity contribution >= 4 is 34.5 Å². The molecule has 3 N–H and O–H groups in total. The first-order valence-corrected chi connectivity index (χ1v) is 6.22. The third-order valence-electron chi connectivity index (χ3n) is 2.33. The minimum atomic E-state index is -0.245. The first kappa shape index (κ1) is 13.6. The highest BCUT2D eigenvalue weighted by Crippen LogP contribution is 2.04. The molecule has 1 aliphatic heterocycles. The summed E-state index contributed by atoms with van der Waals surface area (Å²) in [5.41, 5.74) is 1.12. The van der Waals surface area contributed by atoms with E-state index in [0.29, 0.717) is 0 Å². The van der Waals surface area contributed by atoms with Crippen LogP contribution >= 0.6 is 22.9 Å². The number of nitrogens with one attached hydrogen (secondary N) is 1. The van der Waals surface area contributed by atoms with E-state index in [2.05, 4.69) is 31.3 Å². The van der Waals surface area contributed by atoms with Crippen LogP contribution in [0.15, 0.2) is 11.8 Å². The maximum Gasteiger partial charge on any atom is 0.271 e. The molecule has 90 valence electrons. The number of quaternary nitrogens is 1. The van der Waals surface area contributed by atoms with Crippen molar-refractivity contribution in [1.82, 2.24) is 8.01 Å². The van der Waals surface area contributed by atoms with Gasteiger partial charge in [0.1, 0.15) is 11.4 Å². The van der Waals surface area contributed by atoms with Crippen molar-refractivity contribution in [3.05, 3.63) is 11.8 Å². The van der Waals surface area contributed by atoms with Crippen LogP contribution < -0.4 is 5.32 Å². The lowest BCUT2D eigenvalue weighted by Crippen LogP contribution is -2.82. The summed E-state index contributed by atoms with van der Waals surface area (Å²) >= 11 is 2.28. The maximum absolute atomic E-state index is 11.5. The maximum atomic E-state index is 11.5. The summed E-state index contributed by atoms with van der Waals surface area (Å²) in [7, 11) is 3.33. The molecule has 0 atom stereocenters. The van der Waals surface area contributed by atoms with Crippen molar-refractivity contribution in [2.24, 2.45) is 0 Å². The van der Waals surface area contributed by atoms with Crippen molar-refractivity contribution in [3.8, 4) is 0 Å². The Bertz CT molecular complexity index is 314. The molecule has 1 aliphatic rings. The van der Waals surface area contributed by atoms with Crippen molar-refractivity contribution in [3.63, 3.8) is 0 Å². The average molecular weight is 337 g/mol. The van der Waals surface area contributed by atoms with Gasteiger partial charge in [0.25, 0.3) is 5.91 Å². The molecule has 0 aromatic rings. The van der Waals surface area contributed by atoms with Gasteiger partial charge in [-0.1, -0.05) is 0 Å². The number of amides is 1. The fraction of sp³-hybridized carbons (Fsp3) is 0.600. The summed E-state index contributed by atoms with van der Waals surface area (Å²) in [5, 5.41) is 9.81. The molecule has 0 spiro atoms. The molecule has 5 nitrogen and oxygen atoms in total.